The van der Waals surface area contributed by atoms with Gasteiger partial charge in [-0.2, -0.15) is 5.26 Å². The van der Waals surface area contributed by atoms with E-state index in [0.29, 0.717) is 12.3 Å². The molecule has 0 radical (unpaired) electrons. The highest BCUT2D eigenvalue weighted by atomic mass is 16.5. The highest BCUT2D eigenvalue weighted by molar-refractivity contribution is 5.69. The Kier molecular flexibility index (Phi) is 4.46. The van der Waals surface area contributed by atoms with E-state index < -0.39 is 11.5 Å². The Balaban J connectivity index is 2.95. The first-order valence-electron chi connectivity index (χ1n) is 5.36. The van der Waals surface area contributed by atoms with Crippen LogP contribution in [0.1, 0.15) is 24.6 Å². The lowest BCUT2D eigenvalue weighted by Gasteiger charge is -2.09. The van der Waals surface area contributed by atoms with Gasteiger partial charge in [-0.15, -0.1) is 0 Å². The summed E-state index contributed by atoms with van der Waals surface area (Å²) in [6.45, 7) is 3.78. The van der Waals surface area contributed by atoms with E-state index in [1.54, 1.807) is 19.1 Å². The third kappa shape index (κ3) is 3.18. The summed E-state index contributed by atoms with van der Waals surface area (Å²) in [4.78, 5) is 23.2. The number of rotatable bonds is 4. The van der Waals surface area contributed by atoms with Crippen molar-refractivity contribution in [2.24, 2.45) is 0 Å². The van der Waals surface area contributed by atoms with Crippen LogP contribution < -0.4 is 5.56 Å². The normalized spacial score (nSPS) is 9.71. The molecule has 0 N–H and O–H groups in total. The lowest BCUT2D eigenvalue weighted by Crippen LogP contribution is -2.28. The maximum absolute atomic E-state index is 11.8. The summed E-state index contributed by atoms with van der Waals surface area (Å²) in [6.07, 6.45) is 0.734. The molecule has 1 heterocycles. The highest BCUT2D eigenvalue weighted by Crippen LogP contribution is 1.98. The lowest BCUT2D eigenvalue weighted by atomic mass is 10.2. The second kappa shape index (κ2) is 5.85. The van der Waals surface area contributed by atoms with Gasteiger partial charge in [0.2, 0.25) is 0 Å². The largest absolute Gasteiger partial charge is 0.464 e. The molecular formula is C12H14N2O3. The molecule has 0 atom stereocenters. The topological polar surface area (TPSA) is 72.1 Å². The molecule has 1 aromatic rings. The van der Waals surface area contributed by atoms with E-state index >= 15 is 0 Å². The molecule has 0 saturated carbocycles. The third-order valence-electron chi connectivity index (χ3n) is 2.27. The second-order valence-corrected chi connectivity index (χ2v) is 3.61. The predicted octanol–water partition coefficient (Wildman–Crippen LogP) is 0.982. The zero-order chi connectivity index (χ0) is 12.8. The first kappa shape index (κ1) is 13.0. The number of carbonyl (C=O) groups excluding carboxylic acids is 1. The smallest absolute Gasteiger partial charge is 0.326 e. The van der Waals surface area contributed by atoms with E-state index in [4.69, 9.17) is 10.00 Å². The number of aromatic nitrogens is 1. The number of hydrogen-bond donors (Lipinski definition) is 0. The van der Waals surface area contributed by atoms with Crippen molar-refractivity contribution in [3.8, 4) is 6.07 Å². The molecule has 90 valence electrons. The van der Waals surface area contributed by atoms with Gasteiger partial charge in [0.1, 0.15) is 18.2 Å². The fourth-order valence-corrected chi connectivity index (χ4v) is 1.34. The van der Waals surface area contributed by atoms with Crippen molar-refractivity contribution in [3.63, 3.8) is 0 Å². The minimum atomic E-state index is -0.466. The number of nitrogens with zero attached hydrogens (tertiary/aromatic N) is 2. The molecule has 0 aromatic carbocycles. The number of hydrogen-bond acceptors (Lipinski definition) is 4. The van der Waals surface area contributed by atoms with E-state index in [1.807, 2.05) is 6.92 Å². The summed E-state index contributed by atoms with van der Waals surface area (Å²) >= 11 is 0. The van der Waals surface area contributed by atoms with Gasteiger partial charge in [0.15, 0.2) is 0 Å². The molecule has 5 heteroatoms. The van der Waals surface area contributed by atoms with Crippen molar-refractivity contribution in [1.29, 1.82) is 5.26 Å². The number of carbonyl (C=O) groups is 1. The van der Waals surface area contributed by atoms with Crippen LogP contribution in [0.5, 0.6) is 0 Å². The summed E-state index contributed by atoms with van der Waals surface area (Å²) in [5, 5.41) is 8.73. The maximum atomic E-state index is 11.8. The fourth-order valence-electron chi connectivity index (χ4n) is 1.34. The minimum absolute atomic E-state index is 0.0268. The average Bonchev–Trinajstić information content (AvgIpc) is 2.32. The van der Waals surface area contributed by atoms with Gasteiger partial charge in [0, 0.05) is 5.69 Å². The first-order chi connectivity index (χ1) is 8.10. The first-order valence-corrected chi connectivity index (χ1v) is 5.36. The standard InChI is InChI=1S/C12H14N2O3/c1-3-6-17-11(15)8-14-9(2)4-5-10(7-13)12(14)16/h4-5H,3,6,8H2,1-2H3. The summed E-state index contributed by atoms with van der Waals surface area (Å²) in [5.74, 6) is -0.466. The van der Waals surface area contributed by atoms with E-state index in [0.717, 1.165) is 6.42 Å². The Bertz CT molecular complexity index is 511. The number of ether oxygens (including phenoxy) is 1. The molecule has 17 heavy (non-hydrogen) atoms. The van der Waals surface area contributed by atoms with Gasteiger partial charge in [-0.3, -0.25) is 9.59 Å². The zero-order valence-corrected chi connectivity index (χ0v) is 9.90. The molecule has 1 aromatic heterocycles. The Morgan fingerprint density at radius 3 is 2.82 bits per heavy atom. The van der Waals surface area contributed by atoms with Gasteiger partial charge in [-0.1, -0.05) is 6.92 Å². The van der Waals surface area contributed by atoms with Crippen molar-refractivity contribution in [3.05, 3.63) is 33.7 Å². The van der Waals surface area contributed by atoms with Crippen LogP contribution in [0.15, 0.2) is 16.9 Å². The fraction of sp³-hybridized carbons (Fsp3) is 0.417. The van der Waals surface area contributed by atoms with Crippen LogP contribution in [0.4, 0.5) is 0 Å². The molecule has 0 amide bonds. The Labute approximate surface area is 99.2 Å². The average molecular weight is 234 g/mol. The van der Waals surface area contributed by atoms with Crippen LogP contribution in [-0.4, -0.2) is 17.1 Å². The third-order valence-corrected chi connectivity index (χ3v) is 2.27. The van der Waals surface area contributed by atoms with Gasteiger partial charge in [0.05, 0.1) is 6.61 Å². The molecule has 0 fully saturated rings. The zero-order valence-electron chi connectivity index (χ0n) is 9.90. The summed E-state index contributed by atoms with van der Waals surface area (Å²) < 4.78 is 6.14. The minimum Gasteiger partial charge on any atom is -0.464 e. The molecule has 0 unspecified atom stereocenters. The molecule has 0 aliphatic rings. The molecule has 5 nitrogen and oxygen atoms in total. The van der Waals surface area contributed by atoms with Gasteiger partial charge in [-0.05, 0) is 25.5 Å². The van der Waals surface area contributed by atoms with Crippen molar-refractivity contribution >= 4 is 5.97 Å². The second-order valence-electron chi connectivity index (χ2n) is 3.61. The maximum Gasteiger partial charge on any atom is 0.326 e. The van der Waals surface area contributed by atoms with Crippen LogP contribution in [0.2, 0.25) is 0 Å². The quantitative estimate of drug-likeness (QED) is 0.728. The van der Waals surface area contributed by atoms with E-state index in [1.165, 1.54) is 10.6 Å². The van der Waals surface area contributed by atoms with Gasteiger partial charge in [0.25, 0.3) is 5.56 Å². The summed E-state index contributed by atoms with van der Waals surface area (Å²) in [5.41, 5.74) is 0.197. The van der Waals surface area contributed by atoms with Gasteiger partial charge >= 0.3 is 5.97 Å². The van der Waals surface area contributed by atoms with Crippen molar-refractivity contribution in [1.82, 2.24) is 4.57 Å². The van der Waals surface area contributed by atoms with Crippen LogP contribution >= 0.6 is 0 Å². The Morgan fingerprint density at radius 2 is 2.24 bits per heavy atom. The molecular weight excluding hydrogens is 220 g/mol. The predicted molar refractivity (Wildman–Crippen MR) is 61.4 cm³/mol. The SMILES string of the molecule is CCCOC(=O)Cn1c(C)ccc(C#N)c1=O. The molecule has 0 saturated heterocycles. The number of pyridine rings is 1. The lowest BCUT2D eigenvalue weighted by molar-refractivity contribution is -0.144. The molecule has 0 spiro atoms. The summed E-state index contributed by atoms with van der Waals surface area (Å²) in [6, 6.07) is 4.88. The van der Waals surface area contributed by atoms with Crippen LogP contribution in [0, 0.1) is 18.3 Å². The van der Waals surface area contributed by atoms with E-state index in [9.17, 15) is 9.59 Å². The molecule has 0 aliphatic heterocycles. The molecule has 0 bridgehead atoms. The monoisotopic (exact) mass is 234 g/mol. The van der Waals surface area contributed by atoms with Crippen molar-refractivity contribution < 1.29 is 9.53 Å². The molecule has 0 aliphatic carbocycles. The number of esters is 1. The van der Waals surface area contributed by atoms with Crippen molar-refractivity contribution in [2.45, 2.75) is 26.8 Å². The van der Waals surface area contributed by atoms with E-state index in [2.05, 4.69) is 0 Å². The highest BCUT2D eigenvalue weighted by Gasteiger charge is 2.10. The van der Waals surface area contributed by atoms with Crippen molar-refractivity contribution in [2.75, 3.05) is 6.61 Å². The Hall–Kier alpha value is -2.09. The van der Waals surface area contributed by atoms with Gasteiger partial charge in [-0.25, -0.2) is 0 Å². The Morgan fingerprint density at radius 1 is 1.53 bits per heavy atom. The number of aryl methyl sites for hydroxylation is 1. The number of nitriles is 1. The molecule has 1 rings (SSSR count). The summed E-state index contributed by atoms with van der Waals surface area (Å²) in [7, 11) is 0. The van der Waals surface area contributed by atoms with Crippen LogP contribution in [0.25, 0.3) is 0 Å². The van der Waals surface area contributed by atoms with Crippen LogP contribution in [0.3, 0.4) is 0 Å². The van der Waals surface area contributed by atoms with Gasteiger partial charge < -0.3 is 9.30 Å². The van der Waals surface area contributed by atoms with Crippen LogP contribution in [-0.2, 0) is 16.1 Å². The van der Waals surface area contributed by atoms with E-state index in [-0.39, 0.29) is 12.1 Å².